The molecule has 0 bridgehead atoms. The molecule has 0 unspecified atom stereocenters. The highest BCUT2D eigenvalue weighted by Gasteiger charge is 2.21. The van der Waals surface area contributed by atoms with Crippen LogP contribution < -0.4 is 5.32 Å². The van der Waals surface area contributed by atoms with Gasteiger partial charge in [0.2, 0.25) is 0 Å². The second-order valence-corrected chi connectivity index (χ2v) is 5.95. The second-order valence-electron chi connectivity index (χ2n) is 5.15. The molecule has 2 aromatic rings. The Balaban J connectivity index is 1.90. The van der Waals surface area contributed by atoms with E-state index in [9.17, 15) is 9.59 Å². The summed E-state index contributed by atoms with van der Waals surface area (Å²) in [4.78, 5) is 23.2. The average Bonchev–Trinajstić information content (AvgIpc) is 2.99. The minimum absolute atomic E-state index is 0.0638. The van der Waals surface area contributed by atoms with Crippen molar-refractivity contribution in [2.75, 3.05) is 6.54 Å². The van der Waals surface area contributed by atoms with Crippen molar-refractivity contribution in [1.82, 2.24) is 24.9 Å². The molecular weight excluding hydrogens is 366 g/mol. The molecule has 0 fully saturated rings. The van der Waals surface area contributed by atoms with Gasteiger partial charge in [-0.2, -0.15) is 10.2 Å². The van der Waals surface area contributed by atoms with Crippen molar-refractivity contribution in [2.45, 2.75) is 26.8 Å². The van der Waals surface area contributed by atoms with Crippen LogP contribution in [0.5, 0.6) is 0 Å². The third-order valence-electron chi connectivity index (χ3n) is 3.51. The van der Waals surface area contributed by atoms with E-state index in [0.29, 0.717) is 19.5 Å². The average molecular weight is 384 g/mol. The Morgan fingerprint density at radius 1 is 1.39 bits per heavy atom. The Kier molecular flexibility index (Phi) is 5.19. The highest BCUT2D eigenvalue weighted by Crippen LogP contribution is 2.19. The number of halogens is 1. The van der Waals surface area contributed by atoms with E-state index in [1.807, 2.05) is 18.5 Å². The summed E-state index contributed by atoms with van der Waals surface area (Å²) in [6.45, 7) is 4.97. The fourth-order valence-electron chi connectivity index (χ4n) is 2.28. The number of hydrogen-bond acceptors (Lipinski definition) is 4. The number of carboxylic acids is 1. The van der Waals surface area contributed by atoms with Gasteiger partial charge in [0.25, 0.3) is 5.91 Å². The van der Waals surface area contributed by atoms with E-state index >= 15 is 0 Å². The molecule has 0 spiro atoms. The minimum atomic E-state index is -1.18. The summed E-state index contributed by atoms with van der Waals surface area (Å²) in [7, 11) is 1.49. The predicted molar refractivity (Wildman–Crippen MR) is 86.5 cm³/mol. The molecule has 124 valence electrons. The van der Waals surface area contributed by atoms with Gasteiger partial charge in [0.15, 0.2) is 5.69 Å². The van der Waals surface area contributed by atoms with Crippen LogP contribution in [0.25, 0.3) is 0 Å². The van der Waals surface area contributed by atoms with E-state index in [2.05, 4.69) is 31.4 Å². The Labute approximate surface area is 141 Å². The SMILES string of the molecule is Cc1nn(CCCNC(=O)c2cnn(C)c2C(=O)O)c(C)c1Br. The van der Waals surface area contributed by atoms with E-state index in [0.717, 1.165) is 15.9 Å². The summed E-state index contributed by atoms with van der Waals surface area (Å²) in [6, 6.07) is 0. The summed E-state index contributed by atoms with van der Waals surface area (Å²) in [5.41, 5.74) is 1.90. The van der Waals surface area contributed by atoms with Gasteiger partial charge < -0.3 is 10.4 Å². The zero-order chi connectivity index (χ0) is 17.1. The summed E-state index contributed by atoms with van der Waals surface area (Å²) in [6.07, 6.45) is 1.94. The fraction of sp³-hybridized carbons (Fsp3) is 0.429. The number of carboxylic acid groups (broad SMARTS) is 1. The van der Waals surface area contributed by atoms with E-state index in [-0.39, 0.29) is 11.3 Å². The first-order chi connectivity index (χ1) is 10.8. The molecule has 0 aliphatic rings. The van der Waals surface area contributed by atoms with Crippen LogP contribution in [0, 0.1) is 13.8 Å². The van der Waals surface area contributed by atoms with Crippen LogP contribution in [-0.2, 0) is 13.6 Å². The monoisotopic (exact) mass is 383 g/mol. The summed E-state index contributed by atoms with van der Waals surface area (Å²) >= 11 is 3.47. The molecular formula is C14H18BrN5O3. The number of hydrogen-bond donors (Lipinski definition) is 2. The normalized spacial score (nSPS) is 10.8. The summed E-state index contributed by atoms with van der Waals surface area (Å²) in [5.74, 6) is -1.62. The highest BCUT2D eigenvalue weighted by molar-refractivity contribution is 9.10. The number of aryl methyl sites for hydroxylation is 3. The number of aromatic nitrogens is 4. The quantitative estimate of drug-likeness (QED) is 0.736. The Morgan fingerprint density at radius 3 is 2.65 bits per heavy atom. The van der Waals surface area contributed by atoms with Crippen molar-refractivity contribution < 1.29 is 14.7 Å². The largest absolute Gasteiger partial charge is 0.477 e. The molecule has 0 aliphatic carbocycles. The molecule has 0 atom stereocenters. The Morgan fingerprint density at radius 2 is 2.09 bits per heavy atom. The summed E-state index contributed by atoms with van der Waals surface area (Å²) < 4.78 is 4.03. The topological polar surface area (TPSA) is 102 Å². The van der Waals surface area contributed by atoms with Gasteiger partial charge in [0, 0.05) is 25.8 Å². The lowest BCUT2D eigenvalue weighted by atomic mass is 10.2. The van der Waals surface area contributed by atoms with Crippen LogP contribution >= 0.6 is 15.9 Å². The maximum Gasteiger partial charge on any atom is 0.354 e. The number of amides is 1. The van der Waals surface area contributed by atoms with Crippen molar-refractivity contribution in [2.24, 2.45) is 7.05 Å². The molecule has 2 aromatic heterocycles. The first-order valence-electron chi connectivity index (χ1n) is 7.06. The fourth-order valence-corrected chi connectivity index (χ4v) is 2.56. The first-order valence-corrected chi connectivity index (χ1v) is 7.85. The van der Waals surface area contributed by atoms with Crippen molar-refractivity contribution >= 4 is 27.8 Å². The van der Waals surface area contributed by atoms with Crippen molar-refractivity contribution in [3.8, 4) is 0 Å². The van der Waals surface area contributed by atoms with Crippen LogP contribution in [0.3, 0.4) is 0 Å². The molecule has 2 rings (SSSR count). The number of carbonyl (C=O) groups excluding carboxylic acids is 1. The van der Waals surface area contributed by atoms with Crippen molar-refractivity contribution in [1.29, 1.82) is 0 Å². The van der Waals surface area contributed by atoms with Gasteiger partial charge in [-0.05, 0) is 36.2 Å². The van der Waals surface area contributed by atoms with Gasteiger partial charge in [-0.15, -0.1) is 0 Å². The van der Waals surface area contributed by atoms with Crippen molar-refractivity contribution in [3.63, 3.8) is 0 Å². The molecule has 9 heteroatoms. The van der Waals surface area contributed by atoms with E-state index in [1.54, 1.807) is 0 Å². The number of rotatable bonds is 6. The smallest absolute Gasteiger partial charge is 0.354 e. The zero-order valence-electron chi connectivity index (χ0n) is 13.1. The molecule has 0 aliphatic heterocycles. The van der Waals surface area contributed by atoms with Crippen LogP contribution in [0.1, 0.15) is 38.7 Å². The maximum atomic E-state index is 12.1. The molecule has 0 saturated heterocycles. The molecule has 8 nitrogen and oxygen atoms in total. The number of aromatic carboxylic acids is 1. The molecule has 0 saturated carbocycles. The summed E-state index contributed by atoms with van der Waals surface area (Å²) in [5, 5.41) is 20.0. The molecule has 0 radical (unpaired) electrons. The van der Waals surface area contributed by atoms with Crippen LogP contribution in [0.15, 0.2) is 10.7 Å². The standard InChI is InChI=1S/C14H18BrN5O3/c1-8-11(15)9(2)20(18-8)6-4-5-16-13(21)10-7-17-19(3)12(10)14(22)23/h7H,4-6H2,1-3H3,(H,16,21)(H,22,23). The van der Waals surface area contributed by atoms with Gasteiger partial charge in [-0.25, -0.2) is 4.79 Å². The predicted octanol–water partition coefficient (Wildman–Crippen LogP) is 1.51. The van der Waals surface area contributed by atoms with Gasteiger partial charge in [0.1, 0.15) is 0 Å². The zero-order valence-corrected chi connectivity index (χ0v) is 14.7. The van der Waals surface area contributed by atoms with E-state index < -0.39 is 11.9 Å². The Bertz CT molecular complexity index is 750. The molecule has 1 amide bonds. The maximum absolute atomic E-state index is 12.1. The minimum Gasteiger partial charge on any atom is -0.477 e. The van der Waals surface area contributed by atoms with Gasteiger partial charge in [-0.1, -0.05) is 0 Å². The number of nitrogens with zero attached hydrogens (tertiary/aromatic N) is 4. The van der Waals surface area contributed by atoms with Gasteiger partial charge in [0.05, 0.1) is 21.9 Å². The third-order valence-corrected chi connectivity index (χ3v) is 4.66. The van der Waals surface area contributed by atoms with Gasteiger partial charge in [-0.3, -0.25) is 14.2 Å². The molecule has 2 N–H and O–H groups in total. The van der Waals surface area contributed by atoms with Crippen LogP contribution in [0.2, 0.25) is 0 Å². The van der Waals surface area contributed by atoms with E-state index in [4.69, 9.17) is 5.11 Å². The van der Waals surface area contributed by atoms with Gasteiger partial charge >= 0.3 is 5.97 Å². The second kappa shape index (κ2) is 6.95. The molecule has 23 heavy (non-hydrogen) atoms. The lowest BCUT2D eigenvalue weighted by molar-refractivity contribution is 0.0679. The lowest BCUT2D eigenvalue weighted by Crippen LogP contribution is -2.27. The van der Waals surface area contributed by atoms with Crippen LogP contribution in [0.4, 0.5) is 0 Å². The number of carbonyl (C=O) groups is 2. The number of nitrogens with one attached hydrogen (secondary N) is 1. The first kappa shape index (κ1) is 17.2. The van der Waals surface area contributed by atoms with Crippen molar-refractivity contribution in [3.05, 3.63) is 33.3 Å². The van der Waals surface area contributed by atoms with Crippen LogP contribution in [-0.4, -0.2) is 43.1 Å². The Hall–Kier alpha value is -2.16. The highest BCUT2D eigenvalue weighted by atomic mass is 79.9. The van der Waals surface area contributed by atoms with E-state index in [1.165, 1.54) is 17.9 Å². The molecule has 2 heterocycles. The third kappa shape index (κ3) is 3.61. The molecule has 0 aromatic carbocycles. The lowest BCUT2D eigenvalue weighted by Gasteiger charge is -2.07.